The smallest absolute Gasteiger partial charge is 0.203 e. The maximum absolute atomic E-state index is 8.65. The van der Waals surface area contributed by atoms with Gasteiger partial charge in [-0.3, -0.25) is 4.98 Å². The summed E-state index contributed by atoms with van der Waals surface area (Å²) in [6, 6.07) is 9.49. The van der Waals surface area contributed by atoms with E-state index in [1.807, 2.05) is 18.2 Å². The highest BCUT2D eigenvalue weighted by Gasteiger charge is 2.03. The van der Waals surface area contributed by atoms with Crippen LogP contribution >= 0.6 is 0 Å². The first-order valence-corrected chi connectivity index (χ1v) is 5.95. The van der Waals surface area contributed by atoms with Gasteiger partial charge in [0.15, 0.2) is 0 Å². The van der Waals surface area contributed by atoms with Crippen LogP contribution in [-0.4, -0.2) is 4.98 Å². The predicted octanol–water partition coefficient (Wildman–Crippen LogP) is 2.40. The van der Waals surface area contributed by atoms with Gasteiger partial charge in [0.1, 0.15) is 11.8 Å². The van der Waals surface area contributed by atoms with Gasteiger partial charge in [0.05, 0.1) is 12.2 Å². The highest BCUT2D eigenvalue weighted by molar-refractivity contribution is 5.20. The molecule has 2 heterocycles. The fraction of sp³-hybridized carbons (Fsp3) is 0.286. The molecule has 0 aliphatic heterocycles. The fourth-order valence-corrected chi connectivity index (χ4v) is 1.79. The third-order valence-electron chi connectivity index (χ3n) is 2.73. The number of aromatic nitrogens is 1. The molecule has 0 bridgehead atoms. The number of nitrogens with zero attached hydrogens (tertiary/aromatic N) is 2. The molecule has 0 aliphatic rings. The summed E-state index contributed by atoms with van der Waals surface area (Å²) in [5, 5.41) is 11.9. The van der Waals surface area contributed by atoms with Crippen LogP contribution in [0.3, 0.4) is 0 Å². The molecule has 18 heavy (non-hydrogen) atoms. The second-order valence-electron chi connectivity index (χ2n) is 3.94. The summed E-state index contributed by atoms with van der Waals surface area (Å²) >= 11 is 0. The van der Waals surface area contributed by atoms with Crippen LogP contribution in [0, 0.1) is 11.3 Å². The average molecular weight is 241 g/mol. The highest BCUT2D eigenvalue weighted by atomic mass is 16.3. The van der Waals surface area contributed by atoms with Crippen molar-refractivity contribution in [1.29, 1.82) is 5.26 Å². The summed E-state index contributed by atoms with van der Waals surface area (Å²) < 4.78 is 5.28. The van der Waals surface area contributed by atoms with Crippen LogP contribution < -0.4 is 5.32 Å². The van der Waals surface area contributed by atoms with Gasteiger partial charge in [-0.05, 0) is 30.2 Å². The van der Waals surface area contributed by atoms with Crippen LogP contribution in [0.2, 0.25) is 0 Å². The molecule has 0 atom stereocenters. The van der Waals surface area contributed by atoms with Gasteiger partial charge in [-0.15, -0.1) is 0 Å². The number of pyridine rings is 1. The minimum absolute atomic E-state index is 0.346. The van der Waals surface area contributed by atoms with Gasteiger partial charge in [-0.1, -0.05) is 13.0 Å². The maximum atomic E-state index is 8.65. The zero-order valence-corrected chi connectivity index (χ0v) is 10.3. The number of rotatable bonds is 5. The Morgan fingerprint density at radius 1 is 1.33 bits per heavy atom. The Bertz CT molecular complexity index is 554. The minimum Gasteiger partial charge on any atom is -0.449 e. The van der Waals surface area contributed by atoms with Crippen molar-refractivity contribution in [2.24, 2.45) is 0 Å². The van der Waals surface area contributed by atoms with Crippen LogP contribution in [0.25, 0.3) is 0 Å². The largest absolute Gasteiger partial charge is 0.449 e. The topological polar surface area (TPSA) is 61.9 Å². The molecule has 2 aromatic rings. The number of aryl methyl sites for hydroxylation is 1. The van der Waals surface area contributed by atoms with Crippen molar-refractivity contribution in [3.8, 4) is 6.07 Å². The second-order valence-corrected chi connectivity index (χ2v) is 3.94. The molecule has 0 aliphatic carbocycles. The van der Waals surface area contributed by atoms with E-state index >= 15 is 0 Å². The van der Waals surface area contributed by atoms with Gasteiger partial charge in [0.25, 0.3) is 0 Å². The van der Waals surface area contributed by atoms with Crippen LogP contribution in [0.15, 0.2) is 34.9 Å². The van der Waals surface area contributed by atoms with Gasteiger partial charge in [0, 0.05) is 12.7 Å². The summed E-state index contributed by atoms with van der Waals surface area (Å²) in [5.41, 5.74) is 2.31. The monoisotopic (exact) mass is 241 g/mol. The van der Waals surface area contributed by atoms with Crippen molar-refractivity contribution >= 4 is 0 Å². The summed E-state index contributed by atoms with van der Waals surface area (Å²) in [5.74, 6) is 1.11. The summed E-state index contributed by atoms with van der Waals surface area (Å²) in [6.45, 7) is 3.42. The molecule has 0 spiro atoms. The molecule has 0 saturated carbocycles. The maximum Gasteiger partial charge on any atom is 0.203 e. The second kappa shape index (κ2) is 5.99. The molecule has 4 nitrogen and oxygen atoms in total. The summed E-state index contributed by atoms with van der Waals surface area (Å²) in [7, 11) is 0. The Labute approximate surface area is 106 Å². The third kappa shape index (κ3) is 2.96. The van der Waals surface area contributed by atoms with E-state index in [-0.39, 0.29) is 0 Å². The van der Waals surface area contributed by atoms with E-state index in [0.717, 1.165) is 17.9 Å². The Kier molecular flexibility index (Phi) is 4.11. The molecule has 2 rings (SSSR count). The molecule has 0 saturated heterocycles. The van der Waals surface area contributed by atoms with Crippen molar-refractivity contribution in [2.45, 2.75) is 26.4 Å². The quantitative estimate of drug-likeness (QED) is 0.873. The first-order chi connectivity index (χ1) is 8.83. The van der Waals surface area contributed by atoms with E-state index in [4.69, 9.17) is 9.68 Å². The van der Waals surface area contributed by atoms with Gasteiger partial charge in [0.2, 0.25) is 5.76 Å². The molecule has 4 heteroatoms. The lowest BCUT2D eigenvalue weighted by Gasteiger charge is -2.06. The van der Waals surface area contributed by atoms with E-state index in [9.17, 15) is 0 Å². The van der Waals surface area contributed by atoms with Gasteiger partial charge >= 0.3 is 0 Å². The Balaban J connectivity index is 1.90. The van der Waals surface area contributed by atoms with Gasteiger partial charge in [-0.2, -0.15) is 5.26 Å². The molecule has 1 N–H and O–H groups in total. The van der Waals surface area contributed by atoms with Crippen molar-refractivity contribution in [3.05, 3.63) is 53.2 Å². The molecule has 0 aromatic carbocycles. The molecule has 0 unspecified atom stereocenters. The molecule has 0 radical (unpaired) electrons. The Morgan fingerprint density at radius 3 is 2.94 bits per heavy atom. The molecular formula is C14H15N3O. The lowest BCUT2D eigenvalue weighted by Crippen LogP contribution is -2.14. The molecule has 92 valence electrons. The first kappa shape index (κ1) is 12.3. The van der Waals surface area contributed by atoms with Crippen molar-refractivity contribution < 1.29 is 4.42 Å². The zero-order chi connectivity index (χ0) is 12.8. The zero-order valence-electron chi connectivity index (χ0n) is 10.3. The number of hydrogen-bond donors (Lipinski definition) is 1. The van der Waals surface area contributed by atoms with Crippen LogP contribution in [-0.2, 0) is 19.5 Å². The van der Waals surface area contributed by atoms with E-state index in [2.05, 4.69) is 23.3 Å². The van der Waals surface area contributed by atoms with E-state index in [0.29, 0.717) is 18.8 Å². The summed E-state index contributed by atoms with van der Waals surface area (Å²) in [6.07, 6.45) is 2.78. The fourth-order valence-electron chi connectivity index (χ4n) is 1.79. The standard InChI is InChI=1S/C14H15N3O/c1-2-11-4-3-7-17-14(11)10-16-9-13-6-5-12(8-15)18-13/h3-7,16H,2,9-10H2,1H3. The van der Waals surface area contributed by atoms with Crippen LogP contribution in [0.4, 0.5) is 0 Å². The van der Waals surface area contributed by atoms with Crippen molar-refractivity contribution in [3.63, 3.8) is 0 Å². The molecule has 2 aromatic heterocycles. The number of furan rings is 1. The van der Waals surface area contributed by atoms with Crippen LogP contribution in [0.5, 0.6) is 0 Å². The molecule has 0 amide bonds. The van der Waals surface area contributed by atoms with Crippen molar-refractivity contribution in [1.82, 2.24) is 10.3 Å². The average Bonchev–Trinajstić information content (AvgIpc) is 2.87. The van der Waals surface area contributed by atoms with Crippen LogP contribution in [0.1, 0.15) is 29.7 Å². The van der Waals surface area contributed by atoms with Crippen molar-refractivity contribution in [2.75, 3.05) is 0 Å². The number of hydrogen-bond acceptors (Lipinski definition) is 4. The predicted molar refractivity (Wildman–Crippen MR) is 67.6 cm³/mol. The normalized spacial score (nSPS) is 10.2. The lowest BCUT2D eigenvalue weighted by atomic mass is 10.1. The number of nitrogens with one attached hydrogen (secondary N) is 1. The van der Waals surface area contributed by atoms with E-state index in [1.165, 1.54) is 5.56 Å². The minimum atomic E-state index is 0.346. The SMILES string of the molecule is CCc1cccnc1CNCc1ccc(C#N)o1. The van der Waals surface area contributed by atoms with Gasteiger partial charge in [-0.25, -0.2) is 0 Å². The molecule has 0 fully saturated rings. The lowest BCUT2D eigenvalue weighted by molar-refractivity contribution is 0.472. The van der Waals surface area contributed by atoms with Gasteiger partial charge < -0.3 is 9.73 Å². The summed E-state index contributed by atoms with van der Waals surface area (Å²) in [4.78, 5) is 4.36. The highest BCUT2D eigenvalue weighted by Crippen LogP contribution is 2.08. The first-order valence-electron chi connectivity index (χ1n) is 5.95. The van der Waals surface area contributed by atoms with E-state index < -0.39 is 0 Å². The molecular weight excluding hydrogens is 226 g/mol. The van der Waals surface area contributed by atoms with E-state index in [1.54, 1.807) is 12.3 Å². The number of nitriles is 1. The Hall–Kier alpha value is -2.12. The Morgan fingerprint density at radius 2 is 2.22 bits per heavy atom. The third-order valence-corrected chi connectivity index (χ3v) is 2.73.